The molecule has 27 heavy (non-hydrogen) atoms. The SMILES string of the molecule is CCC(=O)N(Cc1ccccc1Cl)CC1CC(c2ccc(OC)cc2)=NO1. The van der Waals surface area contributed by atoms with E-state index in [-0.39, 0.29) is 12.0 Å². The topological polar surface area (TPSA) is 51.1 Å². The van der Waals surface area contributed by atoms with Crippen molar-refractivity contribution >= 4 is 23.2 Å². The highest BCUT2D eigenvalue weighted by Gasteiger charge is 2.26. The average Bonchev–Trinajstić information content (AvgIpc) is 3.17. The highest BCUT2D eigenvalue weighted by molar-refractivity contribution is 6.31. The minimum atomic E-state index is -0.167. The molecule has 1 atom stereocenters. The molecule has 0 fully saturated rings. The fourth-order valence-corrected chi connectivity index (χ4v) is 3.23. The first-order valence-electron chi connectivity index (χ1n) is 8.99. The zero-order valence-electron chi connectivity index (χ0n) is 15.5. The summed E-state index contributed by atoms with van der Waals surface area (Å²) in [7, 11) is 1.64. The molecule has 0 aromatic heterocycles. The Kier molecular flexibility index (Phi) is 6.35. The van der Waals surface area contributed by atoms with Gasteiger partial charge in [0.2, 0.25) is 5.91 Å². The van der Waals surface area contributed by atoms with Crippen molar-refractivity contribution in [1.82, 2.24) is 4.90 Å². The summed E-state index contributed by atoms with van der Waals surface area (Å²) in [6.07, 6.45) is 0.922. The summed E-state index contributed by atoms with van der Waals surface area (Å²) in [4.78, 5) is 19.8. The van der Waals surface area contributed by atoms with Crippen molar-refractivity contribution in [2.45, 2.75) is 32.4 Å². The van der Waals surface area contributed by atoms with Crippen LogP contribution in [0.15, 0.2) is 53.7 Å². The third-order valence-corrected chi connectivity index (χ3v) is 4.92. The second-order valence-electron chi connectivity index (χ2n) is 6.42. The second kappa shape index (κ2) is 8.91. The molecule has 1 amide bonds. The monoisotopic (exact) mass is 386 g/mol. The first-order chi connectivity index (χ1) is 13.1. The fourth-order valence-electron chi connectivity index (χ4n) is 3.04. The molecule has 0 aliphatic carbocycles. The number of rotatable bonds is 7. The smallest absolute Gasteiger partial charge is 0.222 e. The molecule has 2 aromatic carbocycles. The Morgan fingerprint density at radius 1 is 1.26 bits per heavy atom. The molecule has 0 bridgehead atoms. The Hall–Kier alpha value is -2.53. The quantitative estimate of drug-likeness (QED) is 0.713. The van der Waals surface area contributed by atoms with Gasteiger partial charge in [0.05, 0.1) is 19.4 Å². The van der Waals surface area contributed by atoms with Crippen LogP contribution in [0.5, 0.6) is 5.75 Å². The van der Waals surface area contributed by atoms with Crippen LogP contribution in [0.25, 0.3) is 0 Å². The van der Waals surface area contributed by atoms with Crippen molar-refractivity contribution in [3.63, 3.8) is 0 Å². The third-order valence-electron chi connectivity index (χ3n) is 4.55. The van der Waals surface area contributed by atoms with Crippen LogP contribution in [0.1, 0.15) is 30.9 Å². The molecule has 0 saturated carbocycles. The molecule has 1 unspecified atom stereocenters. The van der Waals surface area contributed by atoms with Crippen LogP contribution >= 0.6 is 11.6 Å². The second-order valence-corrected chi connectivity index (χ2v) is 6.82. The molecule has 142 valence electrons. The number of hydrogen-bond donors (Lipinski definition) is 0. The van der Waals surface area contributed by atoms with Crippen molar-refractivity contribution in [3.8, 4) is 5.75 Å². The summed E-state index contributed by atoms with van der Waals surface area (Å²) in [5.74, 6) is 0.866. The van der Waals surface area contributed by atoms with Gasteiger partial charge in [-0.2, -0.15) is 0 Å². The maximum Gasteiger partial charge on any atom is 0.222 e. The van der Waals surface area contributed by atoms with E-state index in [9.17, 15) is 4.79 Å². The number of hydrogen-bond acceptors (Lipinski definition) is 4. The van der Waals surface area contributed by atoms with Crippen LogP contribution < -0.4 is 4.74 Å². The van der Waals surface area contributed by atoms with Gasteiger partial charge in [0.15, 0.2) is 6.10 Å². The summed E-state index contributed by atoms with van der Waals surface area (Å²) < 4.78 is 5.18. The van der Waals surface area contributed by atoms with E-state index in [4.69, 9.17) is 21.2 Å². The zero-order valence-corrected chi connectivity index (χ0v) is 16.3. The highest BCUT2D eigenvalue weighted by Crippen LogP contribution is 2.22. The predicted molar refractivity (Wildman–Crippen MR) is 106 cm³/mol. The minimum absolute atomic E-state index is 0.0661. The minimum Gasteiger partial charge on any atom is -0.497 e. The Morgan fingerprint density at radius 3 is 2.67 bits per heavy atom. The predicted octanol–water partition coefficient (Wildman–Crippen LogP) is 4.28. The Balaban J connectivity index is 1.65. The van der Waals surface area contributed by atoms with E-state index >= 15 is 0 Å². The van der Waals surface area contributed by atoms with Crippen molar-refractivity contribution < 1.29 is 14.4 Å². The van der Waals surface area contributed by atoms with Gasteiger partial charge in [0.25, 0.3) is 0 Å². The van der Waals surface area contributed by atoms with Gasteiger partial charge < -0.3 is 14.5 Å². The van der Waals surface area contributed by atoms with Crippen LogP contribution in [0.4, 0.5) is 0 Å². The lowest BCUT2D eigenvalue weighted by molar-refractivity contribution is -0.133. The molecule has 0 spiro atoms. The number of methoxy groups -OCH3 is 1. The summed E-state index contributed by atoms with van der Waals surface area (Å²) in [5.41, 5.74) is 2.80. The molecule has 1 aliphatic heterocycles. The van der Waals surface area contributed by atoms with Crippen molar-refractivity contribution in [1.29, 1.82) is 0 Å². The molecular formula is C21H23ClN2O3. The zero-order chi connectivity index (χ0) is 19.2. The molecule has 3 rings (SSSR count). The first-order valence-corrected chi connectivity index (χ1v) is 9.36. The third kappa shape index (κ3) is 4.80. The van der Waals surface area contributed by atoms with Gasteiger partial charge in [0, 0.05) is 24.4 Å². The van der Waals surface area contributed by atoms with E-state index in [0.29, 0.717) is 31.0 Å². The summed E-state index contributed by atoms with van der Waals surface area (Å²) >= 11 is 6.26. The van der Waals surface area contributed by atoms with Gasteiger partial charge >= 0.3 is 0 Å². The number of benzene rings is 2. The molecule has 1 heterocycles. The van der Waals surface area contributed by atoms with Crippen LogP contribution in [-0.2, 0) is 16.2 Å². The maximum absolute atomic E-state index is 12.4. The Labute approximate surface area is 164 Å². The lowest BCUT2D eigenvalue weighted by atomic mass is 10.0. The largest absolute Gasteiger partial charge is 0.497 e. The lowest BCUT2D eigenvalue weighted by Gasteiger charge is -2.25. The van der Waals surface area contributed by atoms with Crippen molar-refractivity contribution in [2.24, 2.45) is 5.16 Å². The van der Waals surface area contributed by atoms with Gasteiger partial charge in [-0.25, -0.2) is 0 Å². The van der Waals surface area contributed by atoms with Gasteiger partial charge in [0.1, 0.15) is 5.75 Å². The molecule has 0 N–H and O–H groups in total. The van der Waals surface area contributed by atoms with Gasteiger partial charge in [-0.05, 0) is 41.5 Å². The molecule has 6 heteroatoms. The standard InChI is InChI=1S/C21H23ClN2O3/c1-3-21(25)24(13-16-6-4-5-7-19(16)22)14-18-12-20(23-27-18)15-8-10-17(26-2)11-9-15/h4-11,18H,3,12-14H2,1-2H3. The molecule has 0 radical (unpaired) electrons. The number of nitrogens with zero attached hydrogens (tertiary/aromatic N) is 2. The Bertz CT molecular complexity index is 820. The Morgan fingerprint density at radius 2 is 2.00 bits per heavy atom. The van der Waals surface area contributed by atoms with E-state index in [2.05, 4.69) is 5.16 Å². The number of oxime groups is 1. The van der Waals surface area contributed by atoms with Gasteiger partial charge in [-0.1, -0.05) is 41.9 Å². The van der Waals surface area contributed by atoms with Crippen molar-refractivity contribution in [2.75, 3.05) is 13.7 Å². The number of carbonyl (C=O) groups is 1. The van der Waals surface area contributed by atoms with Gasteiger partial charge in [-0.3, -0.25) is 4.79 Å². The molecule has 5 nitrogen and oxygen atoms in total. The van der Waals surface area contributed by atoms with Crippen LogP contribution in [0, 0.1) is 0 Å². The summed E-state index contributed by atoms with van der Waals surface area (Å²) in [6.45, 7) is 2.79. The molecule has 2 aromatic rings. The van der Waals surface area contributed by atoms with Crippen LogP contribution in [0.2, 0.25) is 5.02 Å². The van der Waals surface area contributed by atoms with Crippen molar-refractivity contribution in [3.05, 3.63) is 64.7 Å². The summed E-state index contributed by atoms with van der Waals surface area (Å²) in [6, 6.07) is 15.3. The number of carbonyl (C=O) groups excluding carboxylic acids is 1. The highest BCUT2D eigenvalue weighted by atomic mass is 35.5. The lowest BCUT2D eigenvalue weighted by Crippen LogP contribution is -2.37. The first kappa shape index (κ1) is 19.2. The normalized spacial score (nSPS) is 15.8. The van der Waals surface area contributed by atoms with E-state index in [1.165, 1.54) is 0 Å². The maximum atomic E-state index is 12.4. The average molecular weight is 387 g/mol. The van der Waals surface area contributed by atoms with E-state index in [1.54, 1.807) is 12.0 Å². The number of amides is 1. The van der Waals surface area contributed by atoms with E-state index in [1.807, 2.05) is 55.5 Å². The fraction of sp³-hybridized carbons (Fsp3) is 0.333. The van der Waals surface area contributed by atoms with Gasteiger partial charge in [-0.15, -0.1) is 0 Å². The molecular weight excluding hydrogens is 364 g/mol. The number of ether oxygens (including phenoxy) is 1. The molecule has 0 saturated heterocycles. The van der Waals surface area contributed by atoms with Crippen LogP contribution in [0.3, 0.4) is 0 Å². The van der Waals surface area contributed by atoms with E-state index in [0.717, 1.165) is 22.6 Å². The summed E-state index contributed by atoms with van der Waals surface area (Å²) in [5, 5.41) is 4.88. The van der Waals surface area contributed by atoms with E-state index < -0.39 is 0 Å². The molecule has 1 aliphatic rings. The number of halogens is 1. The van der Waals surface area contributed by atoms with Crippen LogP contribution in [-0.4, -0.2) is 36.3 Å².